The van der Waals surface area contributed by atoms with E-state index < -0.39 is 0 Å². The number of ether oxygens (including phenoxy) is 2. The summed E-state index contributed by atoms with van der Waals surface area (Å²) in [7, 11) is 2.98. The van der Waals surface area contributed by atoms with Crippen LogP contribution in [0.3, 0.4) is 0 Å². The summed E-state index contributed by atoms with van der Waals surface area (Å²) in [5, 5.41) is 3.61. The molecule has 2 rings (SSSR count). The van der Waals surface area contributed by atoms with Gasteiger partial charge in [-0.1, -0.05) is 11.3 Å². The number of aromatic nitrogens is 1. The van der Waals surface area contributed by atoms with Crippen LogP contribution in [0.1, 0.15) is 0 Å². The highest BCUT2D eigenvalue weighted by atomic mass is 32.1. The van der Waals surface area contributed by atoms with Crippen LogP contribution in [0.5, 0.6) is 5.75 Å². The van der Waals surface area contributed by atoms with Gasteiger partial charge >= 0.3 is 5.97 Å². The van der Waals surface area contributed by atoms with Gasteiger partial charge in [0.1, 0.15) is 12.3 Å². The number of carbonyl (C=O) groups is 1. The smallest absolute Gasteiger partial charge is 0.325 e. The predicted molar refractivity (Wildman–Crippen MR) is 66.7 cm³/mol. The molecular weight excluding hydrogens is 240 g/mol. The molecule has 17 heavy (non-hydrogen) atoms. The lowest BCUT2D eigenvalue weighted by Crippen LogP contribution is -2.14. The zero-order valence-corrected chi connectivity index (χ0v) is 10.3. The summed E-state index contributed by atoms with van der Waals surface area (Å²) < 4.78 is 10.7. The Morgan fingerprint density at radius 3 is 3.00 bits per heavy atom. The van der Waals surface area contributed by atoms with Crippen LogP contribution in [0.4, 0.5) is 5.13 Å². The minimum absolute atomic E-state index is 0.119. The molecule has 90 valence electrons. The van der Waals surface area contributed by atoms with Crippen molar-refractivity contribution < 1.29 is 14.3 Å². The van der Waals surface area contributed by atoms with E-state index in [1.807, 2.05) is 18.2 Å². The van der Waals surface area contributed by atoms with Crippen LogP contribution in [-0.4, -0.2) is 31.7 Å². The normalized spacial score (nSPS) is 10.2. The molecule has 0 amide bonds. The molecule has 6 heteroatoms. The van der Waals surface area contributed by atoms with Crippen LogP contribution in [0.25, 0.3) is 10.2 Å². The van der Waals surface area contributed by atoms with Crippen LogP contribution in [-0.2, 0) is 9.53 Å². The fourth-order valence-electron chi connectivity index (χ4n) is 1.33. The molecule has 0 spiro atoms. The van der Waals surface area contributed by atoms with E-state index in [1.165, 1.54) is 18.4 Å². The van der Waals surface area contributed by atoms with Gasteiger partial charge in [-0.15, -0.1) is 0 Å². The van der Waals surface area contributed by atoms with Crippen molar-refractivity contribution in [3.8, 4) is 5.75 Å². The lowest BCUT2D eigenvalue weighted by molar-refractivity contribution is -0.138. The largest absolute Gasteiger partial charge is 0.497 e. The number of benzene rings is 1. The maximum absolute atomic E-state index is 11.0. The van der Waals surface area contributed by atoms with E-state index in [1.54, 1.807) is 7.11 Å². The van der Waals surface area contributed by atoms with E-state index in [2.05, 4.69) is 15.0 Å². The summed E-state index contributed by atoms with van der Waals surface area (Å²) >= 11 is 1.47. The highest BCUT2D eigenvalue weighted by Gasteiger charge is 2.06. The third-order valence-electron chi connectivity index (χ3n) is 2.21. The van der Waals surface area contributed by atoms with Gasteiger partial charge in [-0.2, -0.15) is 0 Å². The van der Waals surface area contributed by atoms with Crippen molar-refractivity contribution in [1.82, 2.24) is 4.98 Å². The Kier molecular flexibility index (Phi) is 3.43. The van der Waals surface area contributed by atoms with Crippen molar-refractivity contribution in [2.75, 3.05) is 26.1 Å². The number of anilines is 1. The Labute approximate surface area is 102 Å². The fraction of sp³-hybridized carbons (Fsp3) is 0.273. The Bertz CT molecular complexity index is 538. The Balaban J connectivity index is 2.17. The topological polar surface area (TPSA) is 60.5 Å². The lowest BCUT2D eigenvalue weighted by atomic mass is 10.3. The monoisotopic (exact) mass is 252 g/mol. The van der Waals surface area contributed by atoms with Gasteiger partial charge in [-0.3, -0.25) is 4.79 Å². The van der Waals surface area contributed by atoms with E-state index >= 15 is 0 Å². The zero-order valence-electron chi connectivity index (χ0n) is 9.52. The van der Waals surface area contributed by atoms with Gasteiger partial charge < -0.3 is 14.8 Å². The highest BCUT2D eigenvalue weighted by Crippen LogP contribution is 2.28. The standard InChI is InChI=1S/C11H12N2O3S/c1-15-7-3-4-8-9(5-7)17-11(13-8)12-6-10(14)16-2/h3-5H,6H2,1-2H3,(H,12,13). The summed E-state index contributed by atoms with van der Waals surface area (Å²) in [4.78, 5) is 15.3. The molecule has 0 fully saturated rings. The number of hydrogen-bond acceptors (Lipinski definition) is 6. The first-order valence-corrected chi connectivity index (χ1v) is 5.80. The number of rotatable bonds is 4. The molecule has 1 aromatic carbocycles. The van der Waals surface area contributed by atoms with E-state index in [0.29, 0.717) is 5.13 Å². The molecule has 5 nitrogen and oxygen atoms in total. The molecule has 0 saturated carbocycles. The van der Waals surface area contributed by atoms with E-state index in [4.69, 9.17) is 4.74 Å². The molecule has 1 aromatic heterocycles. The van der Waals surface area contributed by atoms with Gasteiger partial charge in [0.15, 0.2) is 5.13 Å². The van der Waals surface area contributed by atoms with Crippen molar-refractivity contribution in [1.29, 1.82) is 0 Å². The third kappa shape index (κ3) is 2.65. The second-order valence-electron chi connectivity index (χ2n) is 3.28. The maximum Gasteiger partial charge on any atom is 0.325 e. The van der Waals surface area contributed by atoms with Gasteiger partial charge in [0.2, 0.25) is 0 Å². The summed E-state index contributed by atoms with van der Waals surface area (Å²) in [6, 6.07) is 5.65. The SMILES string of the molecule is COC(=O)CNc1nc2ccc(OC)cc2s1. The van der Waals surface area contributed by atoms with Gasteiger partial charge in [-0.05, 0) is 18.2 Å². The first-order valence-electron chi connectivity index (χ1n) is 4.98. The number of hydrogen-bond donors (Lipinski definition) is 1. The Hall–Kier alpha value is -1.82. The Morgan fingerprint density at radius 1 is 1.47 bits per heavy atom. The zero-order chi connectivity index (χ0) is 12.3. The van der Waals surface area contributed by atoms with Crippen molar-refractivity contribution in [3.05, 3.63) is 18.2 Å². The average molecular weight is 252 g/mol. The van der Waals surface area contributed by atoms with Crippen molar-refractivity contribution in [2.45, 2.75) is 0 Å². The molecule has 2 aromatic rings. The molecule has 0 unspecified atom stereocenters. The first kappa shape index (κ1) is 11.7. The van der Waals surface area contributed by atoms with Crippen molar-refractivity contribution in [3.63, 3.8) is 0 Å². The summed E-state index contributed by atoms with van der Waals surface area (Å²) in [6.07, 6.45) is 0. The van der Waals surface area contributed by atoms with Crippen LogP contribution in [0.2, 0.25) is 0 Å². The second-order valence-corrected chi connectivity index (χ2v) is 4.31. The molecule has 0 bridgehead atoms. The summed E-state index contributed by atoms with van der Waals surface area (Å²) in [5.41, 5.74) is 0.878. The summed E-state index contributed by atoms with van der Waals surface area (Å²) in [5.74, 6) is 0.475. The predicted octanol–water partition coefficient (Wildman–Crippen LogP) is 1.89. The van der Waals surface area contributed by atoms with Gasteiger partial charge in [-0.25, -0.2) is 4.98 Å². The quantitative estimate of drug-likeness (QED) is 0.842. The van der Waals surface area contributed by atoms with Crippen LogP contribution in [0, 0.1) is 0 Å². The van der Waals surface area contributed by atoms with E-state index in [-0.39, 0.29) is 12.5 Å². The van der Waals surface area contributed by atoms with Crippen LogP contribution in [0.15, 0.2) is 18.2 Å². The number of thiazole rings is 1. The number of fused-ring (bicyclic) bond motifs is 1. The molecule has 0 aliphatic carbocycles. The minimum Gasteiger partial charge on any atom is -0.497 e. The van der Waals surface area contributed by atoms with Crippen LogP contribution >= 0.6 is 11.3 Å². The molecule has 0 radical (unpaired) electrons. The average Bonchev–Trinajstić information content (AvgIpc) is 2.77. The number of nitrogens with one attached hydrogen (secondary N) is 1. The maximum atomic E-state index is 11.0. The van der Waals surface area contributed by atoms with Gasteiger partial charge in [0.25, 0.3) is 0 Å². The molecular formula is C11H12N2O3S. The molecule has 0 aliphatic rings. The molecule has 1 heterocycles. The van der Waals surface area contributed by atoms with Crippen molar-refractivity contribution in [2.24, 2.45) is 0 Å². The fourth-order valence-corrected chi connectivity index (χ4v) is 2.22. The van der Waals surface area contributed by atoms with E-state index in [9.17, 15) is 4.79 Å². The molecule has 0 saturated heterocycles. The van der Waals surface area contributed by atoms with Gasteiger partial charge in [0.05, 0.1) is 24.4 Å². The van der Waals surface area contributed by atoms with Crippen LogP contribution < -0.4 is 10.1 Å². The number of methoxy groups -OCH3 is 2. The molecule has 0 aliphatic heterocycles. The first-order chi connectivity index (χ1) is 8.22. The summed E-state index contributed by atoms with van der Waals surface area (Å²) in [6.45, 7) is 0.119. The number of nitrogens with zero attached hydrogens (tertiary/aromatic N) is 1. The minimum atomic E-state index is -0.318. The molecule has 0 atom stereocenters. The van der Waals surface area contributed by atoms with Crippen molar-refractivity contribution >= 4 is 32.7 Å². The Morgan fingerprint density at radius 2 is 2.29 bits per heavy atom. The van der Waals surface area contributed by atoms with E-state index in [0.717, 1.165) is 16.0 Å². The number of carbonyl (C=O) groups excluding carboxylic acids is 1. The lowest BCUT2D eigenvalue weighted by Gasteiger charge is -1.98. The highest BCUT2D eigenvalue weighted by molar-refractivity contribution is 7.22. The van der Waals surface area contributed by atoms with Gasteiger partial charge in [0, 0.05) is 0 Å². The molecule has 1 N–H and O–H groups in total. The number of esters is 1. The second kappa shape index (κ2) is 5.01. The third-order valence-corrected chi connectivity index (χ3v) is 3.18.